The molecular weight excluding hydrogens is 272 g/mol. The van der Waals surface area contributed by atoms with Crippen LogP contribution in [0.25, 0.3) is 0 Å². The predicted octanol–water partition coefficient (Wildman–Crippen LogP) is 3.94. The van der Waals surface area contributed by atoms with E-state index in [9.17, 15) is 8.78 Å². The topological polar surface area (TPSA) is 21.3 Å². The van der Waals surface area contributed by atoms with Gasteiger partial charge in [0.15, 0.2) is 0 Å². The Kier molecular flexibility index (Phi) is 6.75. The zero-order valence-corrected chi connectivity index (χ0v) is 13.7. The first-order valence-corrected chi connectivity index (χ1v) is 7.57. The largest absolute Gasteiger partial charge is 0.376 e. The Hall–Kier alpha value is -1.00. The summed E-state index contributed by atoms with van der Waals surface area (Å²) in [5.74, 6) is -1.08. The average molecular weight is 299 g/mol. The SMILES string of the molecule is CCNC(Cc1cc(F)cc(F)c1)C(OCC)C(C)(C)C. The molecule has 2 unspecified atom stereocenters. The van der Waals surface area contributed by atoms with Crippen LogP contribution in [0.2, 0.25) is 0 Å². The predicted molar refractivity (Wildman–Crippen MR) is 82.4 cm³/mol. The maximum absolute atomic E-state index is 13.4. The second-order valence-electron chi connectivity index (χ2n) is 6.39. The zero-order chi connectivity index (χ0) is 16.0. The minimum Gasteiger partial charge on any atom is -0.376 e. The molecule has 2 atom stereocenters. The molecule has 1 N–H and O–H groups in total. The van der Waals surface area contributed by atoms with Gasteiger partial charge in [0.1, 0.15) is 11.6 Å². The average Bonchev–Trinajstić information content (AvgIpc) is 2.33. The molecule has 2 nitrogen and oxygen atoms in total. The number of nitrogens with one attached hydrogen (secondary N) is 1. The highest BCUT2D eigenvalue weighted by atomic mass is 19.1. The Morgan fingerprint density at radius 2 is 1.67 bits per heavy atom. The van der Waals surface area contributed by atoms with Crippen molar-refractivity contribution >= 4 is 0 Å². The molecule has 0 spiro atoms. The van der Waals surface area contributed by atoms with E-state index in [0.29, 0.717) is 18.6 Å². The van der Waals surface area contributed by atoms with Crippen LogP contribution in [0.5, 0.6) is 0 Å². The van der Waals surface area contributed by atoms with Crippen molar-refractivity contribution in [3.8, 4) is 0 Å². The van der Waals surface area contributed by atoms with E-state index in [2.05, 4.69) is 26.1 Å². The lowest BCUT2D eigenvalue weighted by atomic mass is 9.82. The number of halogens is 2. The van der Waals surface area contributed by atoms with Gasteiger partial charge >= 0.3 is 0 Å². The lowest BCUT2D eigenvalue weighted by Gasteiger charge is -2.37. The fourth-order valence-electron chi connectivity index (χ4n) is 2.68. The van der Waals surface area contributed by atoms with Gasteiger partial charge in [-0.15, -0.1) is 0 Å². The highest BCUT2D eigenvalue weighted by molar-refractivity contribution is 5.19. The van der Waals surface area contributed by atoms with E-state index in [4.69, 9.17) is 4.74 Å². The number of rotatable bonds is 7. The molecule has 1 rings (SSSR count). The van der Waals surface area contributed by atoms with Gasteiger partial charge in [-0.05, 0) is 43.0 Å². The Labute approximate surface area is 126 Å². The van der Waals surface area contributed by atoms with Gasteiger partial charge in [-0.1, -0.05) is 27.7 Å². The van der Waals surface area contributed by atoms with Crippen molar-refractivity contribution < 1.29 is 13.5 Å². The number of hydrogen-bond donors (Lipinski definition) is 1. The molecule has 0 aliphatic heterocycles. The van der Waals surface area contributed by atoms with Crippen LogP contribution in [-0.2, 0) is 11.2 Å². The third kappa shape index (κ3) is 5.71. The highest BCUT2D eigenvalue weighted by Gasteiger charge is 2.32. The molecule has 0 saturated carbocycles. The molecular formula is C17H27F2NO. The summed E-state index contributed by atoms with van der Waals surface area (Å²) in [5, 5.41) is 3.39. The molecule has 1 aromatic rings. The molecule has 0 aliphatic carbocycles. The van der Waals surface area contributed by atoms with Gasteiger partial charge in [-0.2, -0.15) is 0 Å². The van der Waals surface area contributed by atoms with Gasteiger partial charge in [0.2, 0.25) is 0 Å². The molecule has 21 heavy (non-hydrogen) atoms. The van der Waals surface area contributed by atoms with Crippen LogP contribution >= 0.6 is 0 Å². The van der Waals surface area contributed by atoms with E-state index in [1.807, 2.05) is 13.8 Å². The summed E-state index contributed by atoms with van der Waals surface area (Å²) < 4.78 is 32.6. The summed E-state index contributed by atoms with van der Waals surface area (Å²) >= 11 is 0. The first kappa shape index (κ1) is 18.1. The third-order valence-electron chi connectivity index (χ3n) is 3.41. The summed E-state index contributed by atoms with van der Waals surface area (Å²) in [6, 6.07) is 3.68. The standard InChI is InChI=1S/C17H27F2NO/c1-6-20-15(16(21-7-2)17(3,4)5)10-12-8-13(18)11-14(19)9-12/h8-9,11,15-16,20H,6-7,10H2,1-5H3. The fourth-order valence-corrected chi connectivity index (χ4v) is 2.68. The Morgan fingerprint density at radius 1 is 1.10 bits per heavy atom. The summed E-state index contributed by atoms with van der Waals surface area (Å²) in [6.07, 6.45) is 0.499. The van der Waals surface area contributed by atoms with Crippen molar-refractivity contribution in [2.24, 2.45) is 5.41 Å². The van der Waals surface area contributed by atoms with E-state index in [1.54, 1.807) is 0 Å². The van der Waals surface area contributed by atoms with Crippen molar-refractivity contribution in [1.29, 1.82) is 0 Å². The molecule has 0 saturated heterocycles. The minimum absolute atomic E-state index is 0.0103. The number of ether oxygens (including phenoxy) is 1. The third-order valence-corrected chi connectivity index (χ3v) is 3.41. The Morgan fingerprint density at radius 3 is 2.10 bits per heavy atom. The van der Waals surface area contributed by atoms with Gasteiger partial charge in [0, 0.05) is 18.7 Å². The second kappa shape index (κ2) is 7.85. The van der Waals surface area contributed by atoms with Crippen molar-refractivity contribution in [3.05, 3.63) is 35.4 Å². The summed E-state index contributed by atoms with van der Waals surface area (Å²) in [6.45, 7) is 11.7. The number of hydrogen-bond acceptors (Lipinski definition) is 2. The first-order chi connectivity index (χ1) is 9.77. The van der Waals surface area contributed by atoms with Crippen molar-refractivity contribution in [3.63, 3.8) is 0 Å². The van der Waals surface area contributed by atoms with E-state index in [0.717, 1.165) is 12.6 Å². The summed E-state index contributed by atoms with van der Waals surface area (Å²) in [5.41, 5.74) is 0.585. The smallest absolute Gasteiger partial charge is 0.126 e. The maximum atomic E-state index is 13.4. The maximum Gasteiger partial charge on any atom is 0.126 e. The van der Waals surface area contributed by atoms with Crippen molar-refractivity contribution in [1.82, 2.24) is 5.32 Å². The molecule has 4 heteroatoms. The Bertz CT molecular complexity index is 423. The Balaban J connectivity index is 2.98. The van der Waals surface area contributed by atoms with Gasteiger partial charge in [0.05, 0.1) is 6.10 Å². The number of likely N-dealkylation sites (N-methyl/N-ethyl adjacent to an activating group) is 1. The monoisotopic (exact) mass is 299 g/mol. The lowest BCUT2D eigenvalue weighted by molar-refractivity contribution is -0.0352. The van der Waals surface area contributed by atoms with Gasteiger partial charge in [0.25, 0.3) is 0 Å². The van der Waals surface area contributed by atoms with Gasteiger partial charge < -0.3 is 10.1 Å². The van der Waals surface area contributed by atoms with Crippen LogP contribution in [0, 0.1) is 17.0 Å². The van der Waals surface area contributed by atoms with Crippen LogP contribution in [0.3, 0.4) is 0 Å². The molecule has 120 valence electrons. The first-order valence-electron chi connectivity index (χ1n) is 7.57. The number of benzene rings is 1. The highest BCUT2D eigenvalue weighted by Crippen LogP contribution is 2.27. The normalized spacial score (nSPS) is 15.0. The van der Waals surface area contributed by atoms with E-state index < -0.39 is 11.6 Å². The molecule has 0 fully saturated rings. The van der Waals surface area contributed by atoms with Gasteiger partial charge in [-0.25, -0.2) is 8.78 Å². The van der Waals surface area contributed by atoms with Crippen LogP contribution < -0.4 is 5.32 Å². The van der Waals surface area contributed by atoms with E-state index in [1.165, 1.54) is 12.1 Å². The second-order valence-corrected chi connectivity index (χ2v) is 6.39. The zero-order valence-electron chi connectivity index (χ0n) is 13.7. The molecule has 0 heterocycles. The van der Waals surface area contributed by atoms with Crippen LogP contribution in [0.4, 0.5) is 8.78 Å². The molecule has 0 bridgehead atoms. The molecule has 0 aromatic heterocycles. The molecule has 0 aliphatic rings. The van der Waals surface area contributed by atoms with Crippen molar-refractivity contribution in [2.75, 3.05) is 13.2 Å². The minimum atomic E-state index is -0.538. The van der Waals surface area contributed by atoms with Crippen LogP contribution in [-0.4, -0.2) is 25.3 Å². The fraction of sp³-hybridized carbons (Fsp3) is 0.647. The molecule has 1 aromatic carbocycles. The quantitative estimate of drug-likeness (QED) is 0.823. The van der Waals surface area contributed by atoms with Crippen LogP contribution in [0.15, 0.2) is 18.2 Å². The van der Waals surface area contributed by atoms with E-state index in [-0.39, 0.29) is 17.6 Å². The summed E-state index contributed by atoms with van der Waals surface area (Å²) in [7, 11) is 0. The van der Waals surface area contributed by atoms with Gasteiger partial charge in [-0.3, -0.25) is 0 Å². The van der Waals surface area contributed by atoms with E-state index >= 15 is 0 Å². The molecule has 0 amide bonds. The molecule has 0 radical (unpaired) electrons. The van der Waals surface area contributed by atoms with Crippen LogP contribution in [0.1, 0.15) is 40.2 Å². The van der Waals surface area contributed by atoms with Crippen molar-refractivity contribution in [2.45, 2.75) is 53.2 Å². The lowest BCUT2D eigenvalue weighted by Crippen LogP contribution is -2.49. The summed E-state index contributed by atoms with van der Waals surface area (Å²) in [4.78, 5) is 0.